The maximum atomic E-state index is 8.96. The first-order valence-corrected chi connectivity index (χ1v) is 7.46. The molecule has 1 aromatic heterocycles. The van der Waals surface area contributed by atoms with Crippen LogP contribution in [0.5, 0.6) is 0 Å². The molecule has 0 atom stereocenters. The number of anilines is 4. The Labute approximate surface area is 140 Å². The average molecular weight is 316 g/mol. The first-order valence-electron chi connectivity index (χ1n) is 7.46. The van der Waals surface area contributed by atoms with Gasteiger partial charge in [-0.25, -0.2) is 0 Å². The van der Waals surface area contributed by atoms with Crippen LogP contribution in [0.4, 0.5) is 23.1 Å². The number of rotatable bonds is 4. The fraction of sp³-hybridized carbons (Fsp3) is 0.111. The lowest BCUT2D eigenvalue weighted by molar-refractivity contribution is 0.981. The van der Waals surface area contributed by atoms with Crippen LogP contribution in [0.15, 0.2) is 48.7 Å². The third-order valence-corrected chi connectivity index (χ3v) is 3.67. The summed E-state index contributed by atoms with van der Waals surface area (Å²) >= 11 is 0. The van der Waals surface area contributed by atoms with Gasteiger partial charge in [0.2, 0.25) is 5.95 Å². The molecule has 0 aliphatic heterocycles. The number of hydrogen-bond acceptors (Lipinski definition) is 6. The number of aryl methyl sites for hydroxylation is 1. The quantitative estimate of drug-likeness (QED) is 0.760. The van der Waals surface area contributed by atoms with E-state index in [1.165, 1.54) is 11.8 Å². The van der Waals surface area contributed by atoms with Gasteiger partial charge in [-0.1, -0.05) is 18.2 Å². The summed E-state index contributed by atoms with van der Waals surface area (Å²) in [6.07, 6.45) is 1.54. The van der Waals surface area contributed by atoms with E-state index in [2.05, 4.69) is 44.9 Å². The number of nitrogens with one attached hydrogen (secondary N) is 2. The minimum Gasteiger partial charge on any atom is -0.339 e. The van der Waals surface area contributed by atoms with Crippen LogP contribution in [-0.4, -0.2) is 15.2 Å². The number of aromatic nitrogens is 3. The van der Waals surface area contributed by atoms with Gasteiger partial charge in [0.15, 0.2) is 5.82 Å². The van der Waals surface area contributed by atoms with Crippen LogP contribution in [0.25, 0.3) is 0 Å². The molecule has 6 nitrogen and oxygen atoms in total. The van der Waals surface area contributed by atoms with Crippen LogP contribution in [-0.2, 0) is 0 Å². The standard InChI is InChI=1S/C18H16N6/c1-12-5-3-8-16(13(12)2)22-18-23-17(11-20-24-18)21-15-7-4-6-14(9-15)10-19/h3-9,11H,1-2H3,(H2,21,22,23,24). The van der Waals surface area contributed by atoms with Gasteiger partial charge in [0.1, 0.15) is 0 Å². The van der Waals surface area contributed by atoms with E-state index in [1.807, 2.05) is 31.2 Å². The predicted octanol–water partition coefficient (Wildman–Crippen LogP) is 3.85. The lowest BCUT2D eigenvalue weighted by Crippen LogP contribution is -2.03. The van der Waals surface area contributed by atoms with Gasteiger partial charge in [-0.2, -0.15) is 15.3 Å². The van der Waals surface area contributed by atoms with Gasteiger partial charge < -0.3 is 10.6 Å². The molecule has 0 spiro atoms. The van der Waals surface area contributed by atoms with Gasteiger partial charge in [0.05, 0.1) is 17.8 Å². The molecule has 2 N–H and O–H groups in total. The lowest BCUT2D eigenvalue weighted by atomic mass is 10.1. The lowest BCUT2D eigenvalue weighted by Gasteiger charge is -2.11. The Hall–Kier alpha value is -3.46. The Morgan fingerprint density at radius 2 is 1.88 bits per heavy atom. The molecule has 0 radical (unpaired) electrons. The molecule has 118 valence electrons. The Morgan fingerprint density at radius 3 is 2.71 bits per heavy atom. The molecule has 1 heterocycles. The largest absolute Gasteiger partial charge is 0.339 e. The molecule has 0 aliphatic rings. The second kappa shape index (κ2) is 6.75. The molecule has 0 fully saturated rings. The summed E-state index contributed by atoms with van der Waals surface area (Å²) in [6, 6.07) is 15.3. The zero-order chi connectivity index (χ0) is 16.9. The molecular weight excluding hydrogens is 300 g/mol. The molecule has 0 amide bonds. The molecule has 0 saturated heterocycles. The van der Waals surface area contributed by atoms with Crippen LogP contribution >= 0.6 is 0 Å². The molecule has 0 bridgehead atoms. The molecule has 0 saturated carbocycles. The molecule has 3 aromatic rings. The highest BCUT2D eigenvalue weighted by atomic mass is 15.3. The smallest absolute Gasteiger partial charge is 0.249 e. The monoisotopic (exact) mass is 316 g/mol. The maximum Gasteiger partial charge on any atom is 0.249 e. The van der Waals surface area contributed by atoms with Gasteiger partial charge >= 0.3 is 0 Å². The first kappa shape index (κ1) is 15.4. The van der Waals surface area contributed by atoms with Crippen molar-refractivity contribution in [3.8, 4) is 6.07 Å². The number of benzene rings is 2. The number of hydrogen-bond donors (Lipinski definition) is 2. The second-order valence-electron chi connectivity index (χ2n) is 5.36. The summed E-state index contributed by atoms with van der Waals surface area (Å²) in [5, 5.41) is 23.3. The van der Waals surface area contributed by atoms with E-state index < -0.39 is 0 Å². The molecule has 3 rings (SSSR count). The molecule has 0 unspecified atom stereocenters. The highest BCUT2D eigenvalue weighted by molar-refractivity contribution is 5.62. The van der Waals surface area contributed by atoms with Crippen LogP contribution in [0.2, 0.25) is 0 Å². The van der Waals surface area contributed by atoms with E-state index >= 15 is 0 Å². The molecule has 6 heteroatoms. The molecule has 24 heavy (non-hydrogen) atoms. The highest BCUT2D eigenvalue weighted by Gasteiger charge is 2.05. The molecular formula is C18H16N6. The van der Waals surface area contributed by atoms with Crippen molar-refractivity contribution in [2.45, 2.75) is 13.8 Å². The van der Waals surface area contributed by atoms with Crippen molar-refractivity contribution in [3.63, 3.8) is 0 Å². The van der Waals surface area contributed by atoms with Gasteiger partial charge in [-0.05, 0) is 49.2 Å². The van der Waals surface area contributed by atoms with Crippen LogP contribution in [0.1, 0.15) is 16.7 Å². The van der Waals surface area contributed by atoms with E-state index in [9.17, 15) is 0 Å². The minimum atomic E-state index is 0.408. The van der Waals surface area contributed by atoms with Crippen molar-refractivity contribution in [1.82, 2.24) is 15.2 Å². The third kappa shape index (κ3) is 3.47. The SMILES string of the molecule is Cc1cccc(Nc2nncc(Nc3cccc(C#N)c3)n2)c1C. The fourth-order valence-corrected chi connectivity index (χ4v) is 2.24. The van der Waals surface area contributed by atoms with E-state index in [0.717, 1.165) is 16.9 Å². The fourth-order valence-electron chi connectivity index (χ4n) is 2.24. The average Bonchev–Trinajstić information content (AvgIpc) is 2.59. The van der Waals surface area contributed by atoms with Gasteiger partial charge in [-0.15, -0.1) is 5.10 Å². The number of nitrogens with zero attached hydrogens (tertiary/aromatic N) is 4. The van der Waals surface area contributed by atoms with Gasteiger partial charge in [0, 0.05) is 11.4 Å². The predicted molar refractivity (Wildman–Crippen MR) is 93.5 cm³/mol. The summed E-state index contributed by atoms with van der Waals surface area (Å²) in [4.78, 5) is 4.41. The third-order valence-electron chi connectivity index (χ3n) is 3.67. The second-order valence-corrected chi connectivity index (χ2v) is 5.36. The summed E-state index contributed by atoms with van der Waals surface area (Å²) in [5.74, 6) is 0.957. The summed E-state index contributed by atoms with van der Waals surface area (Å²) in [7, 11) is 0. The Kier molecular flexibility index (Phi) is 4.34. The van der Waals surface area contributed by atoms with Crippen molar-refractivity contribution in [3.05, 3.63) is 65.4 Å². The maximum absolute atomic E-state index is 8.96. The van der Waals surface area contributed by atoms with Crippen LogP contribution < -0.4 is 10.6 Å². The number of nitriles is 1. The Balaban J connectivity index is 1.81. The van der Waals surface area contributed by atoms with Gasteiger partial charge in [0.25, 0.3) is 0 Å². The first-order chi connectivity index (χ1) is 11.7. The minimum absolute atomic E-state index is 0.408. The Bertz CT molecular complexity index is 913. The highest BCUT2D eigenvalue weighted by Crippen LogP contribution is 2.22. The van der Waals surface area contributed by atoms with Crippen molar-refractivity contribution in [2.24, 2.45) is 0 Å². The normalized spacial score (nSPS) is 10.0. The van der Waals surface area contributed by atoms with E-state index in [0.29, 0.717) is 17.3 Å². The van der Waals surface area contributed by atoms with Gasteiger partial charge in [-0.3, -0.25) is 0 Å². The van der Waals surface area contributed by atoms with E-state index in [-0.39, 0.29) is 0 Å². The summed E-state index contributed by atoms with van der Waals surface area (Å²) < 4.78 is 0. The molecule has 0 aliphatic carbocycles. The Morgan fingerprint density at radius 1 is 1.04 bits per heavy atom. The zero-order valence-corrected chi connectivity index (χ0v) is 13.4. The summed E-state index contributed by atoms with van der Waals surface area (Å²) in [6.45, 7) is 4.10. The summed E-state index contributed by atoms with van der Waals surface area (Å²) in [5.41, 5.74) is 4.63. The van der Waals surface area contributed by atoms with Crippen LogP contribution in [0, 0.1) is 25.2 Å². The van der Waals surface area contributed by atoms with Crippen molar-refractivity contribution >= 4 is 23.1 Å². The van der Waals surface area contributed by atoms with Crippen molar-refractivity contribution < 1.29 is 0 Å². The van der Waals surface area contributed by atoms with Crippen molar-refractivity contribution in [1.29, 1.82) is 5.26 Å². The topological polar surface area (TPSA) is 86.5 Å². The zero-order valence-electron chi connectivity index (χ0n) is 13.4. The van der Waals surface area contributed by atoms with E-state index in [4.69, 9.17) is 5.26 Å². The molecule has 2 aromatic carbocycles. The van der Waals surface area contributed by atoms with E-state index in [1.54, 1.807) is 12.1 Å². The van der Waals surface area contributed by atoms with Crippen LogP contribution in [0.3, 0.4) is 0 Å². The van der Waals surface area contributed by atoms with Crippen molar-refractivity contribution in [2.75, 3.05) is 10.6 Å².